The third kappa shape index (κ3) is 6.12. The molecule has 0 atom stereocenters. The van der Waals surface area contributed by atoms with Crippen LogP contribution < -0.4 is 0 Å². The molecule has 0 aromatic heterocycles. The lowest BCUT2D eigenvalue weighted by molar-refractivity contribution is -0.140. The average Bonchev–Trinajstić information content (AvgIpc) is 2.16. The van der Waals surface area contributed by atoms with Crippen LogP contribution >= 0.6 is 0 Å². The summed E-state index contributed by atoms with van der Waals surface area (Å²) >= 11 is 0. The number of esters is 1. The van der Waals surface area contributed by atoms with Gasteiger partial charge in [0.15, 0.2) is 5.76 Å². The maximum absolute atomic E-state index is 10.7. The van der Waals surface area contributed by atoms with Crippen molar-refractivity contribution in [1.29, 1.82) is 0 Å². The van der Waals surface area contributed by atoms with Crippen LogP contribution in [0.1, 0.15) is 0 Å². The first-order valence-electron chi connectivity index (χ1n) is 3.81. The Kier molecular flexibility index (Phi) is 6.95. The predicted molar refractivity (Wildman–Crippen MR) is 45.0 cm³/mol. The molecular weight excluding hydrogens is 176 g/mol. The van der Waals surface area contributed by atoms with Crippen molar-refractivity contribution in [2.45, 2.75) is 0 Å². The zero-order chi connectivity index (χ0) is 10.1. The van der Waals surface area contributed by atoms with Crippen LogP contribution in [0.2, 0.25) is 0 Å². The van der Waals surface area contributed by atoms with E-state index >= 15 is 0 Å². The lowest BCUT2D eigenvalue weighted by atomic mass is 10.5. The number of ether oxygens (including phenoxy) is 3. The molecule has 0 aliphatic heterocycles. The highest BCUT2D eigenvalue weighted by atomic mass is 16.6. The van der Waals surface area contributed by atoms with Crippen LogP contribution in [-0.2, 0) is 19.0 Å². The average molecular weight is 190 g/mol. The Bertz CT molecular complexity index is 166. The molecule has 0 saturated heterocycles. The van der Waals surface area contributed by atoms with E-state index in [1.165, 1.54) is 7.11 Å². The SMILES string of the molecule is C=C(OCCOCCO)C(=O)OC. The molecule has 0 heterocycles. The summed E-state index contributed by atoms with van der Waals surface area (Å²) in [5.74, 6) is -0.641. The van der Waals surface area contributed by atoms with Gasteiger partial charge < -0.3 is 19.3 Å². The standard InChI is InChI=1S/C8H14O5/c1-7(8(10)11-2)13-6-5-12-4-3-9/h9H,1,3-6H2,2H3. The highest BCUT2D eigenvalue weighted by molar-refractivity contribution is 5.85. The molecule has 0 aliphatic rings. The largest absolute Gasteiger partial charge is 0.485 e. The number of hydrogen-bond acceptors (Lipinski definition) is 5. The van der Waals surface area contributed by atoms with Crippen LogP contribution in [0.3, 0.4) is 0 Å². The smallest absolute Gasteiger partial charge is 0.372 e. The fourth-order valence-electron chi connectivity index (χ4n) is 0.563. The fourth-order valence-corrected chi connectivity index (χ4v) is 0.563. The number of carbonyl (C=O) groups is 1. The van der Waals surface area contributed by atoms with Gasteiger partial charge in [-0.15, -0.1) is 0 Å². The first-order valence-corrected chi connectivity index (χ1v) is 3.81. The minimum atomic E-state index is -0.595. The summed E-state index contributed by atoms with van der Waals surface area (Å²) in [6.07, 6.45) is 0. The zero-order valence-electron chi connectivity index (χ0n) is 7.62. The normalized spacial score (nSPS) is 9.38. The molecular formula is C8H14O5. The second-order valence-corrected chi connectivity index (χ2v) is 2.10. The molecule has 5 nitrogen and oxygen atoms in total. The van der Waals surface area contributed by atoms with Crippen LogP contribution in [0, 0.1) is 0 Å². The highest BCUT2D eigenvalue weighted by Gasteiger charge is 2.06. The molecule has 0 saturated carbocycles. The van der Waals surface area contributed by atoms with Gasteiger partial charge in [-0.3, -0.25) is 0 Å². The third-order valence-corrected chi connectivity index (χ3v) is 1.15. The Hall–Kier alpha value is -1.07. The van der Waals surface area contributed by atoms with Crippen LogP contribution in [-0.4, -0.2) is 44.6 Å². The van der Waals surface area contributed by atoms with Crippen molar-refractivity contribution >= 4 is 5.97 Å². The lowest BCUT2D eigenvalue weighted by Gasteiger charge is -2.06. The fraction of sp³-hybridized carbons (Fsp3) is 0.625. The van der Waals surface area contributed by atoms with Gasteiger partial charge in [-0.2, -0.15) is 0 Å². The summed E-state index contributed by atoms with van der Waals surface area (Å²) in [6, 6.07) is 0. The van der Waals surface area contributed by atoms with E-state index in [1.807, 2.05) is 0 Å². The second-order valence-electron chi connectivity index (χ2n) is 2.10. The molecule has 0 aromatic rings. The lowest BCUT2D eigenvalue weighted by Crippen LogP contribution is -2.11. The monoisotopic (exact) mass is 190 g/mol. The molecule has 0 bridgehead atoms. The molecule has 5 heteroatoms. The molecule has 0 fully saturated rings. The van der Waals surface area contributed by atoms with Crippen molar-refractivity contribution in [1.82, 2.24) is 0 Å². The van der Waals surface area contributed by atoms with Crippen molar-refractivity contribution in [3.05, 3.63) is 12.3 Å². The van der Waals surface area contributed by atoms with Gasteiger partial charge in [0.2, 0.25) is 0 Å². The summed E-state index contributed by atoms with van der Waals surface area (Å²) < 4.78 is 14.1. The van der Waals surface area contributed by atoms with Crippen molar-refractivity contribution in [2.75, 3.05) is 33.5 Å². The molecule has 0 spiro atoms. The maximum Gasteiger partial charge on any atom is 0.372 e. The van der Waals surface area contributed by atoms with Gasteiger partial charge in [0.25, 0.3) is 0 Å². The molecule has 0 rings (SSSR count). The Labute approximate surface area is 76.9 Å². The second kappa shape index (κ2) is 7.57. The summed E-state index contributed by atoms with van der Waals surface area (Å²) in [7, 11) is 1.25. The molecule has 0 aliphatic carbocycles. The number of aliphatic hydroxyl groups is 1. The van der Waals surface area contributed by atoms with E-state index in [0.717, 1.165) is 0 Å². The van der Waals surface area contributed by atoms with Gasteiger partial charge in [0.1, 0.15) is 6.61 Å². The Balaban J connectivity index is 3.32. The minimum absolute atomic E-state index is 0.0298. The number of hydrogen-bond donors (Lipinski definition) is 1. The Morgan fingerprint density at radius 3 is 2.62 bits per heavy atom. The van der Waals surface area contributed by atoms with Crippen molar-refractivity contribution < 1.29 is 24.1 Å². The number of rotatable bonds is 7. The quantitative estimate of drug-likeness (QED) is 0.258. The van der Waals surface area contributed by atoms with Crippen LogP contribution in [0.15, 0.2) is 12.3 Å². The van der Waals surface area contributed by atoms with Crippen LogP contribution in [0.5, 0.6) is 0 Å². The summed E-state index contributed by atoms with van der Waals surface area (Å²) in [5.41, 5.74) is 0. The number of aliphatic hydroxyl groups excluding tert-OH is 1. The van der Waals surface area contributed by atoms with Gasteiger partial charge in [0, 0.05) is 0 Å². The number of carbonyl (C=O) groups excluding carboxylic acids is 1. The van der Waals surface area contributed by atoms with Gasteiger partial charge in [-0.05, 0) is 6.58 Å². The van der Waals surface area contributed by atoms with E-state index in [4.69, 9.17) is 14.6 Å². The van der Waals surface area contributed by atoms with E-state index in [1.54, 1.807) is 0 Å². The molecule has 13 heavy (non-hydrogen) atoms. The van der Waals surface area contributed by atoms with Crippen LogP contribution in [0.4, 0.5) is 0 Å². The summed E-state index contributed by atoms with van der Waals surface area (Å²) in [4.78, 5) is 10.7. The van der Waals surface area contributed by atoms with Crippen LogP contribution in [0.25, 0.3) is 0 Å². The van der Waals surface area contributed by atoms with E-state index in [9.17, 15) is 4.79 Å². The Morgan fingerprint density at radius 1 is 1.38 bits per heavy atom. The molecule has 0 aromatic carbocycles. The summed E-state index contributed by atoms with van der Waals surface area (Å²) in [5, 5.41) is 8.34. The topological polar surface area (TPSA) is 65.0 Å². The van der Waals surface area contributed by atoms with Gasteiger partial charge in [-0.1, -0.05) is 0 Å². The summed E-state index contributed by atoms with van der Waals surface area (Å²) in [6.45, 7) is 4.09. The zero-order valence-corrected chi connectivity index (χ0v) is 7.62. The van der Waals surface area contributed by atoms with Crippen molar-refractivity contribution in [2.24, 2.45) is 0 Å². The van der Waals surface area contributed by atoms with E-state index < -0.39 is 5.97 Å². The highest BCUT2D eigenvalue weighted by Crippen LogP contribution is 1.95. The molecule has 0 amide bonds. The predicted octanol–water partition coefficient (Wildman–Crippen LogP) is -0.301. The van der Waals surface area contributed by atoms with E-state index in [2.05, 4.69) is 11.3 Å². The third-order valence-electron chi connectivity index (χ3n) is 1.15. The van der Waals surface area contributed by atoms with Gasteiger partial charge in [0.05, 0.1) is 26.9 Å². The van der Waals surface area contributed by atoms with E-state index in [0.29, 0.717) is 6.61 Å². The molecule has 1 N–H and O–H groups in total. The van der Waals surface area contributed by atoms with Gasteiger partial charge >= 0.3 is 5.97 Å². The molecule has 0 radical (unpaired) electrons. The number of methoxy groups -OCH3 is 1. The maximum atomic E-state index is 10.7. The van der Waals surface area contributed by atoms with Crippen molar-refractivity contribution in [3.8, 4) is 0 Å². The molecule has 76 valence electrons. The van der Waals surface area contributed by atoms with Gasteiger partial charge in [-0.25, -0.2) is 4.79 Å². The van der Waals surface area contributed by atoms with Crippen molar-refractivity contribution in [3.63, 3.8) is 0 Å². The van der Waals surface area contributed by atoms with E-state index in [-0.39, 0.29) is 25.6 Å². The Morgan fingerprint density at radius 2 is 2.08 bits per heavy atom. The minimum Gasteiger partial charge on any atom is -0.485 e. The molecule has 0 unspecified atom stereocenters. The first-order chi connectivity index (χ1) is 6.22. The first kappa shape index (κ1) is 11.9.